The molecular weight excluding hydrogens is 249 g/mol. The van der Waals surface area contributed by atoms with Crippen LogP contribution in [0, 0.1) is 0 Å². The average Bonchev–Trinajstić information content (AvgIpc) is 2.20. The van der Waals surface area contributed by atoms with Gasteiger partial charge in [0.2, 0.25) is 0 Å². The van der Waals surface area contributed by atoms with Crippen molar-refractivity contribution in [1.82, 2.24) is 5.32 Å². The highest BCUT2D eigenvalue weighted by atomic mass is 35.5. The van der Waals surface area contributed by atoms with Crippen molar-refractivity contribution in [2.24, 2.45) is 0 Å². The van der Waals surface area contributed by atoms with Crippen LogP contribution in [-0.2, 0) is 6.54 Å². The van der Waals surface area contributed by atoms with E-state index in [1.807, 2.05) is 23.9 Å². The number of benzene rings is 1. The quantitative estimate of drug-likeness (QED) is 0.867. The fraction of sp³-hybridized carbons (Fsp3) is 0.455. The summed E-state index contributed by atoms with van der Waals surface area (Å²) in [6.45, 7) is 2.93. The molecule has 84 valence electrons. The number of thioether (sulfide) groups is 1. The van der Waals surface area contributed by atoms with E-state index < -0.39 is 0 Å². The first kappa shape index (κ1) is 13.2. The summed E-state index contributed by atoms with van der Waals surface area (Å²) in [5.74, 6) is 1.10. The van der Waals surface area contributed by atoms with Crippen molar-refractivity contribution < 1.29 is 0 Å². The highest BCUT2D eigenvalue weighted by Crippen LogP contribution is 2.20. The number of halogens is 2. The SMILES string of the molecule is CSCC(C)NCc1cc(Cl)ccc1Cl. The summed E-state index contributed by atoms with van der Waals surface area (Å²) in [5, 5.41) is 4.90. The van der Waals surface area contributed by atoms with Gasteiger partial charge in [-0.2, -0.15) is 11.8 Å². The Hall–Kier alpha value is 0.110. The van der Waals surface area contributed by atoms with E-state index in [1.165, 1.54) is 0 Å². The van der Waals surface area contributed by atoms with Gasteiger partial charge in [-0.25, -0.2) is 0 Å². The van der Waals surface area contributed by atoms with Crippen LogP contribution in [0.4, 0.5) is 0 Å². The smallest absolute Gasteiger partial charge is 0.0451 e. The molecule has 0 bridgehead atoms. The Morgan fingerprint density at radius 1 is 1.40 bits per heavy atom. The molecule has 0 aliphatic carbocycles. The van der Waals surface area contributed by atoms with Crippen LogP contribution < -0.4 is 5.32 Å². The molecule has 0 fully saturated rings. The highest BCUT2D eigenvalue weighted by molar-refractivity contribution is 7.98. The maximum absolute atomic E-state index is 6.05. The van der Waals surface area contributed by atoms with E-state index in [9.17, 15) is 0 Å². The lowest BCUT2D eigenvalue weighted by Gasteiger charge is -2.13. The number of hydrogen-bond acceptors (Lipinski definition) is 2. The summed E-state index contributed by atoms with van der Waals surface area (Å²) >= 11 is 13.8. The summed E-state index contributed by atoms with van der Waals surface area (Å²) in [5.41, 5.74) is 1.05. The summed E-state index contributed by atoms with van der Waals surface area (Å²) in [6, 6.07) is 6.02. The maximum Gasteiger partial charge on any atom is 0.0451 e. The molecule has 4 heteroatoms. The van der Waals surface area contributed by atoms with Crippen molar-refractivity contribution in [2.45, 2.75) is 19.5 Å². The Morgan fingerprint density at radius 3 is 2.80 bits per heavy atom. The second-order valence-corrected chi connectivity index (χ2v) is 5.23. The number of nitrogens with one attached hydrogen (secondary N) is 1. The van der Waals surface area contributed by atoms with Crippen molar-refractivity contribution in [3.8, 4) is 0 Å². The van der Waals surface area contributed by atoms with Crippen LogP contribution in [-0.4, -0.2) is 18.1 Å². The molecule has 0 spiro atoms. The minimum absolute atomic E-state index is 0.482. The summed E-state index contributed by atoms with van der Waals surface area (Å²) in [4.78, 5) is 0. The molecule has 0 aliphatic heterocycles. The van der Waals surface area contributed by atoms with Gasteiger partial charge in [0.15, 0.2) is 0 Å². The van der Waals surface area contributed by atoms with Crippen molar-refractivity contribution in [3.05, 3.63) is 33.8 Å². The third kappa shape index (κ3) is 4.64. The number of hydrogen-bond donors (Lipinski definition) is 1. The monoisotopic (exact) mass is 263 g/mol. The van der Waals surface area contributed by atoms with Gasteiger partial charge < -0.3 is 5.32 Å². The molecule has 0 radical (unpaired) electrons. The predicted molar refractivity (Wildman–Crippen MR) is 71.1 cm³/mol. The molecule has 1 aromatic carbocycles. The lowest BCUT2D eigenvalue weighted by molar-refractivity contribution is 0.596. The lowest BCUT2D eigenvalue weighted by atomic mass is 10.2. The molecule has 0 saturated heterocycles. The van der Waals surface area contributed by atoms with E-state index in [0.717, 1.165) is 27.9 Å². The van der Waals surface area contributed by atoms with Gasteiger partial charge in [0.1, 0.15) is 0 Å². The molecule has 1 atom stereocenters. The van der Waals surface area contributed by atoms with Crippen LogP contribution in [0.3, 0.4) is 0 Å². The maximum atomic E-state index is 6.05. The van der Waals surface area contributed by atoms with E-state index in [4.69, 9.17) is 23.2 Å². The molecule has 15 heavy (non-hydrogen) atoms. The zero-order valence-corrected chi connectivity index (χ0v) is 11.2. The van der Waals surface area contributed by atoms with Gasteiger partial charge >= 0.3 is 0 Å². The zero-order valence-electron chi connectivity index (χ0n) is 8.89. The molecule has 1 rings (SSSR count). The second-order valence-electron chi connectivity index (χ2n) is 3.47. The first-order valence-corrected chi connectivity index (χ1v) is 6.94. The van der Waals surface area contributed by atoms with Crippen molar-refractivity contribution in [3.63, 3.8) is 0 Å². The zero-order chi connectivity index (χ0) is 11.3. The fourth-order valence-electron chi connectivity index (χ4n) is 1.27. The third-order valence-corrected chi connectivity index (χ3v) is 3.50. The van der Waals surface area contributed by atoms with Gasteiger partial charge in [0.05, 0.1) is 0 Å². The van der Waals surface area contributed by atoms with E-state index >= 15 is 0 Å². The molecule has 0 amide bonds. The van der Waals surface area contributed by atoms with E-state index in [2.05, 4.69) is 18.5 Å². The number of rotatable bonds is 5. The average molecular weight is 264 g/mol. The topological polar surface area (TPSA) is 12.0 Å². The van der Waals surface area contributed by atoms with E-state index in [0.29, 0.717) is 6.04 Å². The summed E-state index contributed by atoms with van der Waals surface area (Å²) in [7, 11) is 0. The van der Waals surface area contributed by atoms with Crippen LogP contribution >= 0.6 is 35.0 Å². The van der Waals surface area contributed by atoms with Crippen molar-refractivity contribution >= 4 is 35.0 Å². The summed E-state index contributed by atoms with van der Waals surface area (Å²) < 4.78 is 0. The molecule has 0 saturated carbocycles. The molecule has 1 unspecified atom stereocenters. The van der Waals surface area contributed by atoms with Crippen molar-refractivity contribution in [1.29, 1.82) is 0 Å². The second kappa shape index (κ2) is 6.64. The Kier molecular flexibility index (Phi) is 5.83. The predicted octanol–water partition coefficient (Wildman–Crippen LogP) is 3.83. The standard InChI is InChI=1S/C11H15Cl2NS/c1-8(7-15-2)14-6-9-5-10(12)3-4-11(9)13/h3-5,8,14H,6-7H2,1-2H3. The van der Waals surface area contributed by atoms with Gasteiger partial charge in [0.25, 0.3) is 0 Å². The van der Waals surface area contributed by atoms with Gasteiger partial charge in [-0.3, -0.25) is 0 Å². The van der Waals surface area contributed by atoms with E-state index in [1.54, 1.807) is 6.07 Å². The normalized spacial score (nSPS) is 12.8. The minimum Gasteiger partial charge on any atom is -0.309 e. The van der Waals surface area contributed by atoms with Crippen LogP contribution in [0.25, 0.3) is 0 Å². The molecule has 0 heterocycles. The first-order chi connectivity index (χ1) is 7.13. The Morgan fingerprint density at radius 2 is 2.13 bits per heavy atom. The molecule has 1 N–H and O–H groups in total. The van der Waals surface area contributed by atoms with Gasteiger partial charge in [-0.15, -0.1) is 0 Å². The van der Waals surface area contributed by atoms with Crippen LogP contribution in [0.15, 0.2) is 18.2 Å². The molecule has 0 aromatic heterocycles. The first-order valence-electron chi connectivity index (χ1n) is 4.79. The fourth-order valence-corrected chi connectivity index (χ4v) is 2.27. The Bertz CT molecular complexity index is 317. The van der Waals surface area contributed by atoms with Crippen LogP contribution in [0.2, 0.25) is 10.0 Å². The Balaban J connectivity index is 2.53. The summed E-state index contributed by atoms with van der Waals surface area (Å²) in [6.07, 6.45) is 2.10. The van der Waals surface area contributed by atoms with Crippen LogP contribution in [0.5, 0.6) is 0 Å². The largest absolute Gasteiger partial charge is 0.309 e. The van der Waals surface area contributed by atoms with E-state index in [-0.39, 0.29) is 0 Å². The minimum atomic E-state index is 0.482. The Labute approximate surface area is 106 Å². The molecule has 0 aliphatic rings. The van der Waals surface area contributed by atoms with Gasteiger partial charge in [-0.1, -0.05) is 23.2 Å². The molecule has 1 aromatic rings. The highest BCUT2D eigenvalue weighted by Gasteiger charge is 2.04. The third-order valence-electron chi connectivity index (χ3n) is 2.07. The van der Waals surface area contributed by atoms with Gasteiger partial charge in [0, 0.05) is 28.4 Å². The molecule has 1 nitrogen and oxygen atoms in total. The van der Waals surface area contributed by atoms with Crippen molar-refractivity contribution in [2.75, 3.05) is 12.0 Å². The lowest BCUT2D eigenvalue weighted by Crippen LogP contribution is -2.27. The molecular formula is C11H15Cl2NS. The van der Waals surface area contributed by atoms with Crippen LogP contribution in [0.1, 0.15) is 12.5 Å². The van der Waals surface area contributed by atoms with Gasteiger partial charge in [-0.05, 0) is 36.9 Å².